The fraction of sp³-hybridized carbons (Fsp3) is 0.355. The van der Waals surface area contributed by atoms with Gasteiger partial charge < -0.3 is 10.2 Å². The molecule has 0 radical (unpaired) electrons. The van der Waals surface area contributed by atoms with Gasteiger partial charge in [-0.05, 0) is 75.1 Å². The Bertz CT molecular complexity index is 1440. The Morgan fingerprint density at radius 1 is 0.875 bits per heavy atom. The van der Waals surface area contributed by atoms with Crippen molar-refractivity contribution in [3.8, 4) is 0 Å². The molecule has 40 heavy (non-hydrogen) atoms. The lowest BCUT2D eigenvalue weighted by Crippen LogP contribution is -2.51. The molecule has 0 fully saturated rings. The Morgan fingerprint density at radius 3 is 2.05 bits per heavy atom. The van der Waals surface area contributed by atoms with Crippen molar-refractivity contribution >= 4 is 27.5 Å². The zero-order chi connectivity index (χ0) is 29.6. The average molecular weight is 568 g/mol. The minimum absolute atomic E-state index is 0.0356. The van der Waals surface area contributed by atoms with Crippen molar-refractivity contribution in [2.24, 2.45) is 5.92 Å². The van der Waals surface area contributed by atoms with Crippen LogP contribution in [0.4, 0.5) is 10.1 Å². The summed E-state index contributed by atoms with van der Waals surface area (Å²) in [5.41, 5.74) is 3.10. The Labute approximate surface area is 237 Å². The van der Waals surface area contributed by atoms with Gasteiger partial charge in [0.1, 0.15) is 18.4 Å². The number of sulfonamides is 1. The van der Waals surface area contributed by atoms with Crippen LogP contribution in [0.15, 0.2) is 71.6 Å². The van der Waals surface area contributed by atoms with Gasteiger partial charge in [-0.3, -0.25) is 13.9 Å². The van der Waals surface area contributed by atoms with E-state index in [4.69, 9.17) is 0 Å². The van der Waals surface area contributed by atoms with Gasteiger partial charge in [0.2, 0.25) is 11.8 Å². The van der Waals surface area contributed by atoms with E-state index < -0.39 is 40.2 Å². The zero-order valence-electron chi connectivity index (χ0n) is 23.9. The number of hydrogen-bond donors (Lipinski definition) is 1. The van der Waals surface area contributed by atoms with Gasteiger partial charge in [-0.15, -0.1) is 0 Å². The van der Waals surface area contributed by atoms with E-state index in [1.165, 1.54) is 23.1 Å². The molecule has 3 aromatic carbocycles. The molecule has 0 spiro atoms. The number of rotatable bonds is 11. The summed E-state index contributed by atoms with van der Waals surface area (Å²) < 4.78 is 43.6. The minimum atomic E-state index is -4.17. The summed E-state index contributed by atoms with van der Waals surface area (Å²) in [6.07, 6.45) is 0. The smallest absolute Gasteiger partial charge is 0.264 e. The summed E-state index contributed by atoms with van der Waals surface area (Å²) in [6.45, 7) is 10.6. The second kappa shape index (κ2) is 13.1. The van der Waals surface area contributed by atoms with Gasteiger partial charge in [-0.2, -0.15) is 0 Å². The topological polar surface area (TPSA) is 86.8 Å². The van der Waals surface area contributed by atoms with Crippen LogP contribution in [0.25, 0.3) is 0 Å². The molecule has 2 amide bonds. The molecular weight excluding hydrogens is 529 g/mol. The highest BCUT2D eigenvalue weighted by Crippen LogP contribution is 2.27. The molecule has 0 aliphatic rings. The number of carbonyl (C=O) groups is 2. The molecule has 0 aromatic heterocycles. The van der Waals surface area contributed by atoms with Crippen LogP contribution in [0.3, 0.4) is 0 Å². The van der Waals surface area contributed by atoms with E-state index in [2.05, 4.69) is 5.32 Å². The maximum Gasteiger partial charge on any atom is 0.264 e. The summed E-state index contributed by atoms with van der Waals surface area (Å²) in [5, 5.41) is 2.82. The van der Waals surface area contributed by atoms with Crippen LogP contribution in [0.1, 0.15) is 43.0 Å². The second-order valence-corrected chi connectivity index (χ2v) is 12.5. The lowest BCUT2D eigenvalue weighted by molar-refractivity contribution is -0.139. The molecule has 0 aliphatic heterocycles. The normalized spacial score (nSPS) is 12.2. The number of amides is 2. The first-order chi connectivity index (χ1) is 18.8. The number of carbonyl (C=O) groups excluding carboxylic acids is 2. The van der Waals surface area contributed by atoms with Crippen molar-refractivity contribution in [2.75, 3.05) is 17.4 Å². The summed E-state index contributed by atoms with van der Waals surface area (Å²) in [7, 11) is -4.17. The molecule has 0 aliphatic carbocycles. The first-order valence-corrected chi connectivity index (χ1v) is 14.7. The zero-order valence-corrected chi connectivity index (χ0v) is 24.8. The van der Waals surface area contributed by atoms with Gasteiger partial charge in [-0.25, -0.2) is 12.8 Å². The van der Waals surface area contributed by atoms with Gasteiger partial charge >= 0.3 is 0 Å². The third kappa shape index (κ3) is 7.69. The van der Waals surface area contributed by atoms with Gasteiger partial charge in [0.15, 0.2) is 0 Å². The standard InChI is InChI=1S/C31H38FN3O4S/c1-21(2)18-33-31(37)25(6)34(19-26-9-7-8-10-29(26)32)30(36)20-35(27-16-23(4)15-24(5)17-27)40(38,39)28-13-11-22(3)12-14-28/h7-17,21,25H,18-20H2,1-6H3,(H,33,37)/t25-/m0/s1. The summed E-state index contributed by atoms with van der Waals surface area (Å²) in [4.78, 5) is 28.2. The minimum Gasteiger partial charge on any atom is -0.354 e. The van der Waals surface area contributed by atoms with Gasteiger partial charge in [0.25, 0.3) is 10.0 Å². The van der Waals surface area contributed by atoms with Crippen LogP contribution < -0.4 is 9.62 Å². The Balaban J connectivity index is 2.06. The molecule has 1 N–H and O–H groups in total. The van der Waals surface area contributed by atoms with E-state index in [1.807, 2.05) is 40.7 Å². The molecule has 0 bridgehead atoms. The molecule has 0 unspecified atom stereocenters. The number of benzene rings is 3. The maximum atomic E-state index is 14.6. The quantitative estimate of drug-likeness (QED) is 0.348. The first-order valence-electron chi connectivity index (χ1n) is 13.3. The summed E-state index contributed by atoms with van der Waals surface area (Å²) in [5.74, 6) is -1.37. The van der Waals surface area contributed by atoms with Crippen LogP contribution >= 0.6 is 0 Å². The lowest BCUT2D eigenvalue weighted by Gasteiger charge is -2.32. The maximum absolute atomic E-state index is 14.6. The highest BCUT2D eigenvalue weighted by Gasteiger charge is 2.33. The molecule has 0 heterocycles. The summed E-state index contributed by atoms with van der Waals surface area (Å²) >= 11 is 0. The molecule has 3 aromatic rings. The largest absolute Gasteiger partial charge is 0.354 e. The van der Waals surface area contributed by atoms with Crippen molar-refractivity contribution in [2.45, 2.75) is 59.0 Å². The number of hydrogen-bond acceptors (Lipinski definition) is 4. The molecule has 9 heteroatoms. The number of anilines is 1. The predicted molar refractivity (Wildman–Crippen MR) is 156 cm³/mol. The average Bonchev–Trinajstić information content (AvgIpc) is 2.88. The van der Waals surface area contributed by atoms with E-state index in [9.17, 15) is 22.4 Å². The lowest BCUT2D eigenvalue weighted by atomic mass is 10.1. The van der Waals surface area contributed by atoms with Crippen molar-refractivity contribution in [1.29, 1.82) is 0 Å². The molecule has 0 saturated carbocycles. The second-order valence-electron chi connectivity index (χ2n) is 10.6. The number of nitrogens with one attached hydrogen (secondary N) is 1. The van der Waals surface area contributed by atoms with Crippen molar-refractivity contribution in [3.63, 3.8) is 0 Å². The SMILES string of the molecule is Cc1ccc(S(=O)(=O)N(CC(=O)N(Cc2ccccc2F)[C@@H](C)C(=O)NCC(C)C)c2cc(C)cc(C)c2)cc1. The van der Waals surface area contributed by atoms with E-state index in [0.717, 1.165) is 21.0 Å². The van der Waals surface area contributed by atoms with Crippen LogP contribution in [0.2, 0.25) is 0 Å². The number of nitrogens with zero attached hydrogens (tertiary/aromatic N) is 2. The molecule has 3 rings (SSSR count). The summed E-state index contributed by atoms with van der Waals surface area (Å²) in [6, 6.07) is 16.7. The van der Waals surface area contributed by atoms with E-state index in [0.29, 0.717) is 12.2 Å². The molecule has 214 valence electrons. The van der Waals surface area contributed by atoms with Crippen LogP contribution in [0, 0.1) is 32.5 Å². The highest BCUT2D eigenvalue weighted by atomic mass is 32.2. The van der Waals surface area contributed by atoms with E-state index in [-0.39, 0.29) is 22.9 Å². The Hall–Kier alpha value is -3.72. The number of aryl methyl sites for hydroxylation is 3. The first kappa shape index (κ1) is 30.8. The van der Waals surface area contributed by atoms with Gasteiger partial charge in [0.05, 0.1) is 10.6 Å². The van der Waals surface area contributed by atoms with Crippen molar-refractivity contribution < 1.29 is 22.4 Å². The highest BCUT2D eigenvalue weighted by molar-refractivity contribution is 7.92. The monoisotopic (exact) mass is 567 g/mol. The fourth-order valence-corrected chi connectivity index (χ4v) is 5.70. The number of halogens is 1. The van der Waals surface area contributed by atoms with Crippen LogP contribution in [0.5, 0.6) is 0 Å². The van der Waals surface area contributed by atoms with Crippen LogP contribution in [-0.4, -0.2) is 44.3 Å². The molecule has 7 nitrogen and oxygen atoms in total. The van der Waals surface area contributed by atoms with Crippen LogP contribution in [-0.2, 0) is 26.2 Å². The molecular formula is C31H38FN3O4S. The Morgan fingerprint density at radius 2 is 1.48 bits per heavy atom. The third-order valence-electron chi connectivity index (χ3n) is 6.53. The molecule has 0 saturated heterocycles. The predicted octanol–water partition coefficient (Wildman–Crippen LogP) is 5.14. The Kier molecular flexibility index (Phi) is 10.1. The third-order valence-corrected chi connectivity index (χ3v) is 8.32. The van der Waals surface area contributed by atoms with Crippen molar-refractivity contribution in [1.82, 2.24) is 10.2 Å². The van der Waals surface area contributed by atoms with E-state index >= 15 is 0 Å². The van der Waals surface area contributed by atoms with Gasteiger partial charge in [-0.1, -0.05) is 55.8 Å². The fourth-order valence-electron chi connectivity index (χ4n) is 4.31. The molecule has 1 atom stereocenters. The van der Waals surface area contributed by atoms with E-state index in [1.54, 1.807) is 49.4 Å². The van der Waals surface area contributed by atoms with Gasteiger partial charge in [0, 0.05) is 18.7 Å². The van der Waals surface area contributed by atoms with Crippen molar-refractivity contribution in [3.05, 3.63) is 94.8 Å².